The Bertz CT molecular complexity index is 1460. The Labute approximate surface area is 215 Å². The molecule has 0 radical (unpaired) electrons. The maximum atomic E-state index is 13.9. The average molecular weight is 500 g/mol. The Hall–Kier alpha value is -4.36. The zero-order valence-electron chi connectivity index (χ0n) is 21.3. The molecule has 0 saturated heterocycles. The van der Waals surface area contributed by atoms with Gasteiger partial charge in [0.15, 0.2) is 17.1 Å². The second kappa shape index (κ2) is 11.1. The maximum Gasteiger partial charge on any atom is 0.336 e. The summed E-state index contributed by atoms with van der Waals surface area (Å²) in [7, 11) is 7.00. The number of fused-ring (bicyclic) bond motifs is 1. The molecule has 4 aromatic rings. The summed E-state index contributed by atoms with van der Waals surface area (Å²) in [5.74, 6) is -0.580. The van der Waals surface area contributed by atoms with Gasteiger partial charge in [-0.2, -0.15) is 0 Å². The van der Waals surface area contributed by atoms with Crippen LogP contribution in [0.5, 0.6) is 11.5 Å². The molecule has 7 heteroatoms. The first-order valence-corrected chi connectivity index (χ1v) is 11.7. The van der Waals surface area contributed by atoms with Crippen LogP contribution in [-0.2, 0) is 17.8 Å². The van der Waals surface area contributed by atoms with Crippen LogP contribution in [0.15, 0.2) is 83.0 Å². The van der Waals surface area contributed by atoms with E-state index < -0.39 is 5.97 Å². The molecule has 0 saturated carbocycles. The molecule has 3 aromatic carbocycles. The zero-order chi connectivity index (χ0) is 26.5. The lowest BCUT2D eigenvalue weighted by molar-refractivity contribution is -0.130. The van der Waals surface area contributed by atoms with Gasteiger partial charge >= 0.3 is 5.97 Å². The molecule has 0 amide bonds. The standard InChI is InChI=1S/C30H29NO6/c1-31(2)18-20-7-5-6-19(14-20)15-25(28(32)21-8-10-24(35-3)11-9-21)27(30(33)34)23-16-22-12-13-37-29(22)26(17-23)36-4/h5-14,16-17H,15,18H2,1-4H3,(H,33,34). The fraction of sp³-hybridized carbons (Fsp3) is 0.200. The van der Waals surface area contributed by atoms with Crippen LogP contribution in [0.4, 0.5) is 0 Å². The summed E-state index contributed by atoms with van der Waals surface area (Å²) in [4.78, 5) is 28.7. The molecular weight excluding hydrogens is 470 g/mol. The molecule has 0 aliphatic rings. The highest BCUT2D eigenvalue weighted by atomic mass is 16.5. The molecule has 1 N–H and O–H groups in total. The van der Waals surface area contributed by atoms with E-state index in [1.54, 1.807) is 49.6 Å². The minimum absolute atomic E-state index is 0.0831. The van der Waals surface area contributed by atoms with Gasteiger partial charge < -0.3 is 23.9 Å². The fourth-order valence-electron chi connectivity index (χ4n) is 4.38. The Morgan fingerprint density at radius 2 is 1.62 bits per heavy atom. The molecule has 190 valence electrons. The number of ketones is 1. The van der Waals surface area contributed by atoms with Crippen LogP contribution in [0.25, 0.3) is 16.5 Å². The second-order valence-corrected chi connectivity index (χ2v) is 8.97. The Kier molecular flexibility index (Phi) is 7.74. The first kappa shape index (κ1) is 25.7. The van der Waals surface area contributed by atoms with Crippen molar-refractivity contribution in [3.05, 3.63) is 101 Å². The minimum Gasteiger partial charge on any atom is -0.497 e. The molecule has 4 rings (SSSR count). The highest BCUT2D eigenvalue weighted by Crippen LogP contribution is 2.34. The van der Waals surface area contributed by atoms with Crippen molar-refractivity contribution in [3.8, 4) is 11.5 Å². The smallest absolute Gasteiger partial charge is 0.336 e. The largest absolute Gasteiger partial charge is 0.497 e. The number of hydrogen-bond acceptors (Lipinski definition) is 6. The van der Waals surface area contributed by atoms with Crippen molar-refractivity contribution in [3.63, 3.8) is 0 Å². The molecule has 0 aliphatic heterocycles. The van der Waals surface area contributed by atoms with Crippen LogP contribution in [0.1, 0.15) is 27.0 Å². The van der Waals surface area contributed by atoms with Crippen LogP contribution in [0, 0.1) is 0 Å². The first-order valence-electron chi connectivity index (χ1n) is 11.7. The van der Waals surface area contributed by atoms with Gasteiger partial charge in [-0.25, -0.2) is 4.79 Å². The number of allylic oxidation sites excluding steroid dienone is 1. The van der Waals surface area contributed by atoms with E-state index in [4.69, 9.17) is 13.9 Å². The monoisotopic (exact) mass is 499 g/mol. The highest BCUT2D eigenvalue weighted by molar-refractivity contribution is 6.26. The van der Waals surface area contributed by atoms with Crippen LogP contribution < -0.4 is 9.47 Å². The minimum atomic E-state index is -1.20. The SMILES string of the molecule is COc1ccc(C(=O)C(Cc2cccc(CN(C)C)c2)=C(C(=O)O)c2cc(OC)c3occc3c2)cc1. The summed E-state index contributed by atoms with van der Waals surface area (Å²) in [6.45, 7) is 0.722. The Morgan fingerprint density at radius 3 is 2.27 bits per heavy atom. The van der Waals surface area contributed by atoms with Crippen molar-refractivity contribution in [2.24, 2.45) is 0 Å². The van der Waals surface area contributed by atoms with Crippen molar-refractivity contribution >= 4 is 28.3 Å². The third kappa shape index (κ3) is 5.73. The zero-order valence-corrected chi connectivity index (χ0v) is 21.3. The number of carbonyl (C=O) groups is 2. The highest BCUT2D eigenvalue weighted by Gasteiger charge is 2.25. The summed E-state index contributed by atoms with van der Waals surface area (Å²) in [6.07, 6.45) is 1.65. The predicted molar refractivity (Wildman–Crippen MR) is 142 cm³/mol. The van der Waals surface area contributed by atoms with E-state index in [9.17, 15) is 14.7 Å². The van der Waals surface area contributed by atoms with Crippen molar-refractivity contribution in [2.45, 2.75) is 13.0 Å². The molecule has 0 atom stereocenters. The summed E-state index contributed by atoms with van der Waals surface area (Å²) < 4.78 is 16.2. The lowest BCUT2D eigenvalue weighted by atomic mass is 9.88. The van der Waals surface area contributed by atoms with Gasteiger partial charge in [-0.3, -0.25) is 4.79 Å². The van der Waals surface area contributed by atoms with Crippen molar-refractivity contribution in [1.29, 1.82) is 0 Å². The van der Waals surface area contributed by atoms with E-state index in [2.05, 4.69) is 0 Å². The van der Waals surface area contributed by atoms with Crippen molar-refractivity contribution in [1.82, 2.24) is 4.90 Å². The van der Waals surface area contributed by atoms with Crippen molar-refractivity contribution < 1.29 is 28.6 Å². The van der Waals surface area contributed by atoms with Gasteiger partial charge in [0.25, 0.3) is 0 Å². The number of benzene rings is 3. The molecule has 1 heterocycles. The van der Waals surface area contributed by atoms with E-state index in [0.717, 1.165) is 17.7 Å². The summed E-state index contributed by atoms with van der Waals surface area (Å²) in [5.41, 5.74) is 3.23. The first-order chi connectivity index (χ1) is 17.8. The quantitative estimate of drug-likeness (QED) is 0.228. The number of methoxy groups -OCH3 is 2. The number of aliphatic carboxylic acids is 1. The van der Waals surface area contributed by atoms with Gasteiger partial charge in [-0.15, -0.1) is 0 Å². The number of carboxylic acid groups (broad SMARTS) is 1. The van der Waals surface area contributed by atoms with Gasteiger partial charge in [0.05, 0.1) is 26.1 Å². The van der Waals surface area contributed by atoms with E-state index in [1.807, 2.05) is 43.3 Å². The third-order valence-electron chi connectivity index (χ3n) is 6.04. The molecule has 0 bridgehead atoms. The molecule has 0 fully saturated rings. The van der Waals surface area contributed by atoms with Gasteiger partial charge in [-0.1, -0.05) is 24.3 Å². The topological polar surface area (TPSA) is 89.2 Å². The molecule has 37 heavy (non-hydrogen) atoms. The summed E-state index contributed by atoms with van der Waals surface area (Å²) >= 11 is 0. The summed E-state index contributed by atoms with van der Waals surface area (Å²) in [5, 5.41) is 11.1. The predicted octanol–water partition coefficient (Wildman–Crippen LogP) is 5.48. The molecular formula is C30H29NO6. The molecule has 0 spiro atoms. The number of Topliss-reactive ketones (excluding diaryl/α,β-unsaturated/α-hetero) is 1. The van der Waals surface area contributed by atoms with Crippen LogP contribution >= 0.6 is 0 Å². The van der Waals surface area contributed by atoms with E-state index in [0.29, 0.717) is 33.6 Å². The van der Waals surface area contributed by atoms with Gasteiger partial charge in [0.1, 0.15) is 5.75 Å². The third-order valence-corrected chi connectivity index (χ3v) is 6.04. The number of hydrogen-bond donors (Lipinski definition) is 1. The number of carboxylic acids is 1. The number of furan rings is 1. The van der Waals surface area contributed by atoms with E-state index in [1.165, 1.54) is 13.4 Å². The van der Waals surface area contributed by atoms with Gasteiger partial charge in [0, 0.05) is 29.5 Å². The average Bonchev–Trinajstić information content (AvgIpc) is 3.36. The van der Waals surface area contributed by atoms with Crippen LogP contribution in [0.2, 0.25) is 0 Å². The Balaban J connectivity index is 1.91. The fourth-order valence-corrected chi connectivity index (χ4v) is 4.38. The molecule has 7 nitrogen and oxygen atoms in total. The number of ether oxygens (including phenoxy) is 2. The number of rotatable bonds is 10. The van der Waals surface area contributed by atoms with Crippen LogP contribution in [-0.4, -0.2) is 50.1 Å². The Morgan fingerprint density at radius 1 is 0.892 bits per heavy atom. The maximum absolute atomic E-state index is 13.9. The van der Waals surface area contributed by atoms with Gasteiger partial charge in [-0.05, 0) is 73.3 Å². The van der Waals surface area contributed by atoms with Crippen molar-refractivity contribution in [2.75, 3.05) is 28.3 Å². The van der Waals surface area contributed by atoms with Gasteiger partial charge in [0.2, 0.25) is 0 Å². The van der Waals surface area contributed by atoms with E-state index >= 15 is 0 Å². The van der Waals surface area contributed by atoms with Crippen LogP contribution in [0.3, 0.4) is 0 Å². The molecule has 0 unspecified atom stereocenters. The normalized spacial score (nSPS) is 11.9. The molecule has 1 aromatic heterocycles. The molecule has 0 aliphatic carbocycles. The van der Waals surface area contributed by atoms with E-state index in [-0.39, 0.29) is 23.4 Å². The number of carbonyl (C=O) groups excluding carboxylic acids is 1. The lowest BCUT2D eigenvalue weighted by Gasteiger charge is -2.15. The lowest BCUT2D eigenvalue weighted by Crippen LogP contribution is -2.15. The summed E-state index contributed by atoms with van der Waals surface area (Å²) in [6, 6.07) is 19.5. The second-order valence-electron chi connectivity index (χ2n) is 8.97. The number of nitrogens with zero attached hydrogens (tertiary/aromatic N) is 1.